The molecule has 0 heterocycles. The summed E-state index contributed by atoms with van der Waals surface area (Å²) in [4.78, 5) is 20.4. The number of benzene rings is 1. The minimum Gasteiger partial charge on any atom is -0.294 e. The molecule has 0 N–H and O–H groups in total. The molecular formula is C9H5ClF3NO3. The molecule has 1 aromatic carbocycles. The largest absolute Gasteiger partial charge is 0.417 e. The summed E-state index contributed by atoms with van der Waals surface area (Å²) in [6, 6.07) is 0.921. The highest BCUT2D eigenvalue weighted by Gasteiger charge is 2.37. The lowest BCUT2D eigenvalue weighted by atomic mass is 10.0. The molecule has 8 heteroatoms. The number of rotatable bonds is 2. The fourth-order valence-electron chi connectivity index (χ4n) is 1.23. The second kappa shape index (κ2) is 4.33. The topological polar surface area (TPSA) is 60.2 Å². The van der Waals surface area contributed by atoms with E-state index in [4.69, 9.17) is 11.6 Å². The van der Waals surface area contributed by atoms with Gasteiger partial charge in [-0.3, -0.25) is 14.9 Å². The van der Waals surface area contributed by atoms with E-state index in [1.54, 1.807) is 0 Å². The van der Waals surface area contributed by atoms with E-state index in [0.717, 1.165) is 6.92 Å². The number of alkyl halides is 3. The molecule has 0 spiro atoms. The van der Waals surface area contributed by atoms with Gasteiger partial charge in [0.25, 0.3) is 5.69 Å². The van der Waals surface area contributed by atoms with Crippen LogP contribution in [0.4, 0.5) is 18.9 Å². The van der Waals surface area contributed by atoms with E-state index in [2.05, 4.69) is 0 Å². The lowest BCUT2D eigenvalue weighted by Crippen LogP contribution is -2.12. The Kier molecular flexibility index (Phi) is 3.42. The summed E-state index contributed by atoms with van der Waals surface area (Å²) in [7, 11) is 0. The molecule has 0 bridgehead atoms. The van der Waals surface area contributed by atoms with Crippen LogP contribution in [0.3, 0.4) is 0 Å². The van der Waals surface area contributed by atoms with Crippen molar-refractivity contribution in [1.82, 2.24) is 0 Å². The smallest absolute Gasteiger partial charge is 0.294 e. The summed E-state index contributed by atoms with van der Waals surface area (Å²) in [5.74, 6) is -0.867. The molecule has 0 aliphatic rings. The van der Waals surface area contributed by atoms with Crippen LogP contribution in [0.25, 0.3) is 0 Å². The molecule has 0 radical (unpaired) electrons. The average molecular weight is 268 g/mol. The molecule has 0 aliphatic carbocycles. The van der Waals surface area contributed by atoms with Crippen LogP contribution in [0, 0.1) is 10.1 Å². The third kappa shape index (κ3) is 2.73. The van der Waals surface area contributed by atoms with Crippen molar-refractivity contribution in [3.63, 3.8) is 0 Å². The number of nitro benzene ring substituents is 1. The van der Waals surface area contributed by atoms with Crippen LogP contribution in [0.2, 0.25) is 5.02 Å². The highest BCUT2D eigenvalue weighted by atomic mass is 35.5. The second-order valence-electron chi connectivity index (χ2n) is 3.16. The number of carbonyl (C=O) groups is 1. The second-order valence-corrected chi connectivity index (χ2v) is 3.57. The SMILES string of the molecule is CC(=O)c1cc(Cl)c([N+](=O)[O-])cc1C(F)(F)F. The Hall–Kier alpha value is -1.63. The zero-order valence-electron chi connectivity index (χ0n) is 8.34. The van der Waals surface area contributed by atoms with E-state index in [1.807, 2.05) is 0 Å². The number of hydrogen-bond acceptors (Lipinski definition) is 3. The predicted molar refractivity (Wildman–Crippen MR) is 53.1 cm³/mol. The van der Waals surface area contributed by atoms with Crippen molar-refractivity contribution in [2.24, 2.45) is 0 Å². The first kappa shape index (κ1) is 13.4. The van der Waals surface area contributed by atoms with Crippen molar-refractivity contribution < 1.29 is 22.9 Å². The van der Waals surface area contributed by atoms with Gasteiger partial charge in [0.15, 0.2) is 5.78 Å². The third-order valence-electron chi connectivity index (χ3n) is 1.97. The van der Waals surface area contributed by atoms with Crippen LogP contribution < -0.4 is 0 Å². The molecule has 17 heavy (non-hydrogen) atoms. The van der Waals surface area contributed by atoms with Gasteiger partial charge in [0.05, 0.1) is 10.5 Å². The summed E-state index contributed by atoms with van der Waals surface area (Å²) in [5, 5.41) is 9.94. The first-order valence-corrected chi connectivity index (χ1v) is 4.58. The molecule has 0 amide bonds. The van der Waals surface area contributed by atoms with Crippen molar-refractivity contribution in [3.8, 4) is 0 Å². The lowest BCUT2D eigenvalue weighted by molar-refractivity contribution is -0.385. The molecule has 0 fully saturated rings. The van der Waals surface area contributed by atoms with E-state index in [0.29, 0.717) is 6.07 Å². The summed E-state index contributed by atoms with van der Waals surface area (Å²) >= 11 is 5.43. The van der Waals surface area contributed by atoms with Gasteiger partial charge < -0.3 is 0 Å². The maximum atomic E-state index is 12.6. The lowest BCUT2D eigenvalue weighted by Gasteiger charge is -2.11. The van der Waals surface area contributed by atoms with E-state index >= 15 is 0 Å². The maximum Gasteiger partial charge on any atom is 0.417 e. The molecule has 0 saturated heterocycles. The Morgan fingerprint density at radius 3 is 2.29 bits per heavy atom. The summed E-state index contributed by atoms with van der Waals surface area (Å²) in [6.45, 7) is 0.923. The number of halogens is 4. The van der Waals surface area contributed by atoms with Crippen LogP contribution in [0.5, 0.6) is 0 Å². The molecule has 1 aromatic rings. The van der Waals surface area contributed by atoms with Gasteiger partial charge in [-0.15, -0.1) is 0 Å². The van der Waals surface area contributed by atoms with Gasteiger partial charge in [-0.25, -0.2) is 0 Å². The van der Waals surface area contributed by atoms with E-state index in [9.17, 15) is 28.1 Å². The van der Waals surface area contributed by atoms with Crippen LogP contribution in [0.15, 0.2) is 12.1 Å². The van der Waals surface area contributed by atoms with Crippen molar-refractivity contribution in [1.29, 1.82) is 0 Å². The van der Waals surface area contributed by atoms with Gasteiger partial charge in [0.2, 0.25) is 0 Å². The van der Waals surface area contributed by atoms with Gasteiger partial charge >= 0.3 is 6.18 Å². The number of ketones is 1. The minimum absolute atomic E-state index is 0.263. The molecule has 92 valence electrons. The number of carbonyl (C=O) groups excluding carboxylic acids is 1. The molecule has 1 rings (SSSR count). The van der Waals surface area contributed by atoms with E-state index in [1.165, 1.54) is 0 Å². The molecule has 4 nitrogen and oxygen atoms in total. The zero-order valence-corrected chi connectivity index (χ0v) is 9.09. The first-order valence-electron chi connectivity index (χ1n) is 4.20. The van der Waals surface area contributed by atoms with Crippen molar-refractivity contribution in [2.75, 3.05) is 0 Å². The van der Waals surface area contributed by atoms with Gasteiger partial charge in [-0.05, 0) is 13.0 Å². The Morgan fingerprint density at radius 1 is 1.41 bits per heavy atom. The van der Waals surface area contributed by atoms with Crippen LogP contribution in [0.1, 0.15) is 22.8 Å². The van der Waals surface area contributed by atoms with Crippen LogP contribution >= 0.6 is 11.6 Å². The number of nitro groups is 1. The van der Waals surface area contributed by atoms with Crippen LogP contribution in [-0.2, 0) is 6.18 Å². The Bertz CT molecular complexity index is 499. The summed E-state index contributed by atoms with van der Waals surface area (Å²) < 4.78 is 37.7. The molecule has 0 unspecified atom stereocenters. The number of hydrogen-bond donors (Lipinski definition) is 0. The standard InChI is InChI=1S/C9H5ClF3NO3/c1-4(15)5-2-7(10)8(14(16)17)3-6(5)9(11,12)13/h2-3H,1H3. The molecule has 0 saturated carbocycles. The summed E-state index contributed by atoms with van der Waals surface area (Å²) in [5.41, 5.74) is -2.93. The number of Topliss-reactive ketones (excluding diaryl/α,β-unsaturated/α-hetero) is 1. The van der Waals surface area contributed by atoms with Gasteiger partial charge in [0.1, 0.15) is 5.02 Å². The van der Waals surface area contributed by atoms with Crippen LogP contribution in [-0.4, -0.2) is 10.7 Å². The Labute approximate surface area is 98.1 Å². The van der Waals surface area contributed by atoms with Crippen molar-refractivity contribution in [3.05, 3.63) is 38.4 Å². The van der Waals surface area contributed by atoms with Gasteiger partial charge in [-0.1, -0.05) is 11.6 Å². The Morgan fingerprint density at radius 2 is 1.94 bits per heavy atom. The van der Waals surface area contributed by atoms with E-state index < -0.39 is 38.7 Å². The average Bonchev–Trinajstić information content (AvgIpc) is 2.14. The fraction of sp³-hybridized carbons (Fsp3) is 0.222. The fourth-order valence-corrected chi connectivity index (χ4v) is 1.46. The zero-order chi connectivity index (χ0) is 13.4. The summed E-state index contributed by atoms with van der Waals surface area (Å²) in [6.07, 6.45) is -4.85. The first-order chi connectivity index (χ1) is 7.64. The number of nitrogens with zero attached hydrogens (tertiary/aromatic N) is 1. The Balaban J connectivity index is 3.60. The van der Waals surface area contributed by atoms with Gasteiger partial charge in [0, 0.05) is 11.6 Å². The molecule has 0 aromatic heterocycles. The molecular weight excluding hydrogens is 263 g/mol. The highest BCUT2D eigenvalue weighted by Crippen LogP contribution is 2.37. The molecule has 0 atom stereocenters. The predicted octanol–water partition coefficient (Wildman–Crippen LogP) is 3.47. The third-order valence-corrected chi connectivity index (χ3v) is 2.27. The monoisotopic (exact) mass is 267 g/mol. The van der Waals surface area contributed by atoms with Crippen molar-refractivity contribution in [2.45, 2.75) is 13.1 Å². The molecule has 0 aliphatic heterocycles. The minimum atomic E-state index is -4.85. The van der Waals surface area contributed by atoms with Gasteiger partial charge in [-0.2, -0.15) is 13.2 Å². The highest BCUT2D eigenvalue weighted by molar-refractivity contribution is 6.33. The normalized spacial score (nSPS) is 11.4. The van der Waals surface area contributed by atoms with Crippen molar-refractivity contribution >= 4 is 23.1 Å². The maximum absolute atomic E-state index is 12.6. The van der Waals surface area contributed by atoms with E-state index in [-0.39, 0.29) is 6.07 Å². The quantitative estimate of drug-likeness (QED) is 0.468.